The molecule has 0 aromatic rings. The van der Waals surface area contributed by atoms with Crippen molar-refractivity contribution in [1.29, 1.82) is 0 Å². The van der Waals surface area contributed by atoms with E-state index in [9.17, 15) is 60.7 Å². The van der Waals surface area contributed by atoms with Crippen LogP contribution in [0.15, 0.2) is 0 Å². The zero-order chi connectivity index (χ0) is 18.2. The second-order valence-corrected chi connectivity index (χ2v) is 7.12. The minimum absolute atomic E-state index is 2.01. The molecule has 0 aliphatic carbocycles. The Labute approximate surface area is 114 Å². The summed E-state index contributed by atoms with van der Waals surface area (Å²) in [5, 5.41) is -14.5. The first-order valence-corrected chi connectivity index (χ1v) is 7.11. The number of alkyl halides is 10. The lowest BCUT2D eigenvalue weighted by atomic mass is 10.0. The van der Waals surface area contributed by atoms with Gasteiger partial charge < -0.3 is 0 Å². The van der Waals surface area contributed by atoms with Crippen molar-refractivity contribution >= 4 is 20.2 Å². The van der Waals surface area contributed by atoms with Crippen LogP contribution in [-0.2, 0) is 23.9 Å². The minimum atomic E-state index is -7.78. The van der Waals surface area contributed by atoms with Crippen LogP contribution in [0.1, 0.15) is 0 Å². The normalized spacial score (nSPS) is 33.4. The van der Waals surface area contributed by atoms with Crippen molar-refractivity contribution in [3.63, 3.8) is 0 Å². The van der Waals surface area contributed by atoms with Crippen LogP contribution in [0.2, 0.25) is 0 Å². The molecular weight excluding hydrogens is 394 g/mol. The zero-order valence-electron chi connectivity index (χ0n) is 9.14. The maximum atomic E-state index is 12.8. The van der Waals surface area contributed by atoms with E-state index in [-0.39, 0.29) is 0 Å². The minimum Gasteiger partial charge on any atom is -0.192 e. The molecule has 1 aliphatic rings. The van der Waals surface area contributed by atoms with Gasteiger partial charge in [0.2, 0.25) is 0 Å². The summed E-state index contributed by atoms with van der Waals surface area (Å²) in [5.41, 5.74) is 0. The van der Waals surface area contributed by atoms with E-state index in [1.807, 2.05) is 3.63 Å². The lowest BCUT2D eigenvalue weighted by molar-refractivity contribution is -0.378. The summed E-state index contributed by atoms with van der Waals surface area (Å²) in [6.45, 7) is 0. The molecule has 1 aliphatic heterocycles. The summed E-state index contributed by atoms with van der Waals surface area (Å²) < 4.78 is 173. The first kappa shape index (κ1) is 19.2. The Morgan fingerprint density at radius 1 is 0.500 bits per heavy atom. The van der Waals surface area contributed by atoms with Crippen molar-refractivity contribution in [2.75, 3.05) is 0 Å². The summed E-state index contributed by atoms with van der Waals surface area (Å²) >= 11 is 0. The second-order valence-electron chi connectivity index (χ2n) is 3.73. The number of hydrogen-bond acceptors (Lipinski definition) is 5. The fourth-order valence-corrected chi connectivity index (χ4v) is 3.59. The second kappa shape index (κ2) is 4.16. The van der Waals surface area contributed by atoms with E-state index in [4.69, 9.17) is 0 Å². The van der Waals surface area contributed by atoms with Crippen LogP contribution < -0.4 is 0 Å². The molecular formula is C5F10O5S2. The molecule has 0 aromatic heterocycles. The van der Waals surface area contributed by atoms with Crippen molar-refractivity contribution in [2.24, 2.45) is 0 Å². The van der Waals surface area contributed by atoms with E-state index in [1.165, 1.54) is 0 Å². The predicted molar refractivity (Wildman–Crippen MR) is 43.7 cm³/mol. The lowest BCUT2D eigenvalue weighted by Gasteiger charge is -2.39. The Bertz CT molecular complexity index is 633. The third-order valence-corrected chi connectivity index (χ3v) is 5.53. The van der Waals surface area contributed by atoms with E-state index in [0.717, 1.165) is 0 Å². The fourth-order valence-electron chi connectivity index (χ4n) is 1.08. The topological polar surface area (TPSA) is 77.5 Å². The van der Waals surface area contributed by atoms with Crippen molar-refractivity contribution in [2.45, 2.75) is 28.3 Å². The van der Waals surface area contributed by atoms with Gasteiger partial charge in [0.1, 0.15) is 0 Å². The highest BCUT2D eigenvalue weighted by Crippen LogP contribution is 2.61. The smallest absolute Gasteiger partial charge is 0.192 e. The molecule has 0 N–H and O–H groups in total. The van der Waals surface area contributed by atoms with E-state index < -0.39 is 48.5 Å². The van der Waals surface area contributed by atoms with Crippen LogP contribution in [0.4, 0.5) is 43.9 Å². The van der Waals surface area contributed by atoms with Gasteiger partial charge in [0, 0.05) is 0 Å². The Balaban J connectivity index is 4.00. The van der Waals surface area contributed by atoms with Gasteiger partial charge in [-0.15, -0.1) is 3.63 Å². The number of hydrogen-bond donors (Lipinski definition) is 0. The highest BCUT2D eigenvalue weighted by atomic mass is 32.3. The Morgan fingerprint density at radius 2 is 0.727 bits per heavy atom. The zero-order valence-corrected chi connectivity index (χ0v) is 10.8. The van der Waals surface area contributed by atoms with Gasteiger partial charge in [0.25, 0.3) is 0 Å². The fraction of sp³-hybridized carbons (Fsp3) is 1.00. The summed E-state index contributed by atoms with van der Waals surface area (Å²) in [5.74, 6) is -23.1. The van der Waals surface area contributed by atoms with E-state index in [1.54, 1.807) is 0 Å². The summed E-state index contributed by atoms with van der Waals surface area (Å²) in [6.07, 6.45) is 0. The molecule has 0 radical (unpaired) electrons. The molecule has 0 saturated carbocycles. The molecule has 1 rings (SSSR count). The third-order valence-electron chi connectivity index (χ3n) is 2.33. The molecule has 0 bridgehead atoms. The summed E-state index contributed by atoms with van der Waals surface area (Å²) in [4.78, 5) is 0. The molecule has 1 fully saturated rings. The predicted octanol–water partition coefficient (Wildman–Crippen LogP) is 1.77. The SMILES string of the molecule is O=S1(=O)OS(=O)(=O)C(F)(F)C(F)(F)C(F)(F)C(F)(F)C1(F)F. The molecule has 0 aromatic carbocycles. The van der Waals surface area contributed by atoms with E-state index in [0.29, 0.717) is 0 Å². The van der Waals surface area contributed by atoms with Crippen molar-refractivity contribution < 1.29 is 64.4 Å². The molecule has 0 amide bonds. The molecule has 0 spiro atoms. The largest absolute Gasteiger partial charge is 0.439 e. The summed E-state index contributed by atoms with van der Waals surface area (Å²) in [6, 6.07) is 0. The molecule has 1 heterocycles. The number of rotatable bonds is 0. The monoisotopic (exact) mass is 394 g/mol. The highest BCUT2D eigenvalue weighted by molar-refractivity contribution is 8.01. The molecule has 1 saturated heterocycles. The van der Waals surface area contributed by atoms with Crippen LogP contribution >= 0.6 is 0 Å². The van der Waals surface area contributed by atoms with Crippen LogP contribution in [-0.4, -0.2) is 45.1 Å². The van der Waals surface area contributed by atoms with Crippen LogP contribution in [0.3, 0.4) is 0 Å². The quantitative estimate of drug-likeness (QED) is 0.586. The van der Waals surface area contributed by atoms with Crippen LogP contribution in [0, 0.1) is 0 Å². The highest BCUT2D eigenvalue weighted by Gasteiger charge is 2.93. The Kier molecular flexibility index (Phi) is 3.64. The van der Waals surface area contributed by atoms with E-state index in [2.05, 4.69) is 0 Å². The molecule has 17 heteroatoms. The van der Waals surface area contributed by atoms with Gasteiger partial charge in [-0.3, -0.25) is 0 Å². The maximum Gasteiger partial charge on any atom is 0.439 e. The van der Waals surface area contributed by atoms with Gasteiger partial charge in [-0.1, -0.05) is 0 Å². The summed E-state index contributed by atoms with van der Waals surface area (Å²) in [7, 11) is -15.4. The Hall–Kier alpha value is -0.840. The standard InChI is InChI=1S/C5F10O5S2/c6-1(7)2(8,9)4(12,13)21(16,17)20-22(18,19)5(14,15)3(1,10)11. The molecule has 5 nitrogen and oxygen atoms in total. The first-order valence-electron chi connectivity index (χ1n) is 4.30. The van der Waals surface area contributed by atoms with Gasteiger partial charge in [0.05, 0.1) is 0 Å². The average molecular weight is 394 g/mol. The van der Waals surface area contributed by atoms with Crippen molar-refractivity contribution in [1.82, 2.24) is 0 Å². The van der Waals surface area contributed by atoms with Crippen LogP contribution in [0.25, 0.3) is 0 Å². The average Bonchev–Trinajstić information content (AvgIpc) is 2.24. The third kappa shape index (κ3) is 1.81. The van der Waals surface area contributed by atoms with Crippen molar-refractivity contribution in [3.8, 4) is 0 Å². The van der Waals surface area contributed by atoms with Crippen LogP contribution in [0.5, 0.6) is 0 Å². The molecule has 0 unspecified atom stereocenters. The van der Waals surface area contributed by atoms with E-state index >= 15 is 0 Å². The molecule has 132 valence electrons. The first-order chi connectivity index (χ1) is 9.21. The Morgan fingerprint density at radius 3 is 0.955 bits per heavy atom. The maximum absolute atomic E-state index is 12.8. The van der Waals surface area contributed by atoms with Gasteiger partial charge in [-0.25, -0.2) is 0 Å². The number of halogens is 10. The van der Waals surface area contributed by atoms with Crippen molar-refractivity contribution in [3.05, 3.63) is 0 Å². The lowest BCUT2D eigenvalue weighted by Crippen LogP contribution is -2.72. The van der Waals surface area contributed by atoms with Gasteiger partial charge in [0.15, 0.2) is 0 Å². The van der Waals surface area contributed by atoms with Gasteiger partial charge in [-0.05, 0) is 0 Å². The van der Waals surface area contributed by atoms with Gasteiger partial charge in [-0.2, -0.15) is 60.7 Å². The van der Waals surface area contributed by atoms with Gasteiger partial charge >= 0.3 is 48.5 Å². The molecule has 22 heavy (non-hydrogen) atoms. The molecule has 0 atom stereocenters.